The third-order valence-electron chi connectivity index (χ3n) is 5.64. The molecule has 1 saturated carbocycles. The van der Waals surface area contributed by atoms with Gasteiger partial charge >= 0.3 is 0 Å². The summed E-state index contributed by atoms with van der Waals surface area (Å²) in [6.45, 7) is 0.330. The van der Waals surface area contributed by atoms with E-state index in [1.807, 2.05) is 18.2 Å². The molecule has 4 rings (SSSR count). The van der Waals surface area contributed by atoms with E-state index in [1.54, 1.807) is 0 Å². The molecule has 2 aliphatic carbocycles. The SMILES string of the molecule is OCC1CCC(Nc2cc(-c3cccc(Cl)c3)nc3c2CCC3)CC1. The fourth-order valence-electron chi connectivity index (χ4n) is 4.18. The lowest BCUT2D eigenvalue weighted by Gasteiger charge is -2.29. The molecule has 132 valence electrons. The van der Waals surface area contributed by atoms with Crippen LogP contribution in [0.15, 0.2) is 30.3 Å². The van der Waals surface area contributed by atoms with Gasteiger partial charge in [-0.25, -0.2) is 0 Å². The minimum Gasteiger partial charge on any atom is -0.396 e. The standard InChI is InChI=1S/C21H25ClN2O/c22-16-4-1-3-15(11-16)20-12-21(18-5-2-6-19(18)24-20)23-17-9-7-14(13-25)8-10-17/h1,3-4,11-12,14,17,25H,2,5-10,13H2,(H,23,24). The van der Waals surface area contributed by atoms with E-state index in [9.17, 15) is 5.11 Å². The molecule has 0 spiro atoms. The summed E-state index contributed by atoms with van der Waals surface area (Å²) in [6.07, 6.45) is 7.87. The molecule has 0 atom stereocenters. The molecule has 0 saturated heterocycles. The van der Waals surface area contributed by atoms with Crippen LogP contribution in [-0.2, 0) is 12.8 Å². The molecule has 2 aliphatic rings. The molecule has 1 heterocycles. The Morgan fingerprint density at radius 1 is 1.12 bits per heavy atom. The van der Waals surface area contributed by atoms with Crippen molar-refractivity contribution in [1.82, 2.24) is 4.98 Å². The molecule has 0 bridgehead atoms. The molecule has 1 aromatic heterocycles. The summed E-state index contributed by atoms with van der Waals surface area (Å²) in [5, 5.41) is 13.9. The summed E-state index contributed by atoms with van der Waals surface area (Å²) in [6, 6.07) is 10.6. The molecule has 0 radical (unpaired) electrons. The molecule has 1 aromatic carbocycles. The Bertz CT molecular complexity index is 754. The zero-order valence-electron chi connectivity index (χ0n) is 14.5. The van der Waals surface area contributed by atoms with E-state index in [1.165, 1.54) is 23.4 Å². The Kier molecular flexibility index (Phi) is 4.96. The third kappa shape index (κ3) is 3.68. The van der Waals surface area contributed by atoms with Gasteiger partial charge in [0.1, 0.15) is 0 Å². The van der Waals surface area contributed by atoms with Crippen molar-refractivity contribution in [2.45, 2.75) is 51.0 Å². The largest absolute Gasteiger partial charge is 0.396 e. The molecule has 2 N–H and O–H groups in total. The minimum absolute atomic E-state index is 0.330. The molecule has 3 nitrogen and oxygen atoms in total. The molecule has 25 heavy (non-hydrogen) atoms. The number of halogens is 1. The maximum Gasteiger partial charge on any atom is 0.0726 e. The van der Waals surface area contributed by atoms with Crippen molar-refractivity contribution in [2.24, 2.45) is 5.92 Å². The van der Waals surface area contributed by atoms with Gasteiger partial charge in [0.05, 0.1) is 5.69 Å². The molecule has 0 amide bonds. The maximum absolute atomic E-state index is 9.34. The number of aryl methyl sites for hydroxylation is 1. The Labute approximate surface area is 154 Å². The third-order valence-corrected chi connectivity index (χ3v) is 5.87. The molecule has 0 unspecified atom stereocenters. The highest BCUT2D eigenvalue weighted by molar-refractivity contribution is 6.30. The Hall–Kier alpha value is -1.58. The number of nitrogens with one attached hydrogen (secondary N) is 1. The number of benzene rings is 1. The molecular formula is C21H25ClN2O. The van der Waals surface area contributed by atoms with Crippen molar-refractivity contribution >= 4 is 17.3 Å². The predicted molar refractivity (Wildman–Crippen MR) is 103 cm³/mol. The summed E-state index contributed by atoms with van der Waals surface area (Å²) < 4.78 is 0. The Balaban J connectivity index is 1.61. The average Bonchev–Trinajstić information content (AvgIpc) is 3.11. The second-order valence-electron chi connectivity index (χ2n) is 7.39. The van der Waals surface area contributed by atoms with Crippen LogP contribution in [0.1, 0.15) is 43.4 Å². The number of hydrogen-bond donors (Lipinski definition) is 2. The molecular weight excluding hydrogens is 332 g/mol. The van der Waals surface area contributed by atoms with Gasteiger partial charge in [-0.15, -0.1) is 0 Å². The second-order valence-corrected chi connectivity index (χ2v) is 7.83. The van der Waals surface area contributed by atoms with Crippen molar-refractivity contribution in [3.63, 3.8) is 0 Å². The molecule has 4 heteroatoms. The second kappa shape index (κ2) is 7.35. The quantitative estimate of drug-likeness (QED) is 0.822. The van der Waals surface area contributed by atoms with E-state index in [0.29, 0.717) is 18.6 Å². The van der Waals surface area contributed by atoms with Gasteiger partial charge in [-0.1, -0.05) is 23.7 Å². The van der Waals surface area contributed by atoms with E-state index in [4.69, 9.17) is 16.6 Å². The number of anilines is 1. The molecule has 1 fully saturated rings. The first-order valence-corrected chi connectivity index (χ1v) is 9.77. The number of nitrogens with zero attached hydrogens (tertiary/aromatic N) is 1. The van der Waals surface area contributed by atoms with Crippen LogP contribution in [0.4, 0.5) is 5.69 Å². The van der Waals surface area contributed by atoms with E-state index in [-0.39, 0.29) is 0 Å². The summed E-state index contributed by atoms with van der Waals surface area (Å²) in [4.78, 5) is 4.91. The number of aliphatic hydroxyl groups is 1. The average molecular weight is 357 g/mol. The van der Waals surface area contributed by atoms with Crippen LogP contribution in [0.2, 0.25) is 5.02 Å². The van der Waals surface area contributed by atoms with Gasteiger partial charge < -0.3 is 10.4 Å². The van der Waals surface area contributed by atoms with Crippen LogP contribution in [0.25, 0.3) is 11.3 Å². The number of hydrogen-bond acceptors (Lipinski definition) is 3. The van der Waals surface area contributed by atoms with Crippen LogP contribution in [-0.4, -0.2) is 22.7 Å². The van der Waals surface area contributed by atoms with E-state index >= 15 is 0 Å². The fraction of sp³-hybridized carbons (Fsp3) is 0.476. The highest BCUT2D eigenvalue weighted by atomic mass is 35.5. The van der Waals surface area contributed by atoms with Gasteiger partial charge in [-0.2, -0.15) is 0 Å². The predicted octanol–water partition coefficient (Wildman–Crippen LogP) is 4.85. The normalized spacial score (nSPS) is 22.6. The van der Waals surface area contributed by atoms with Crippen molar-refractivity contribution < 1.29 is 5.11 Å². The van der Waals surface area contributed by atoms with Gasteiger partial charge in [-0.3, -0.25) is 4.98 Å². The summed E-state index contributed by atoms with van der Waals surface area (Å²) in [5.41, 5.74) is 5.98. The Morgan fingerprint density at radius 3 is 2.72 bits per heavy atom. The van der Waals surface area contributed by atoms with Gasteiger partial charge in [0, 0.05) is 34.6 Å². The van der Waals surface area contributed by atoms with Crippen molar-refractivity contribution in [3.05, 3.63) is 46.6 Å². The smallest absolute Gasteiger partial charge is 0.0726 e. The van der Waals surface area contributed by atoms with Gasteiger partial charge in [0.2, 0.25) is 0 Å². The highest BCUT2D eigenvalue weighted by Crippen LogP contribution is 2.34. The maximum atomic E-state index is 9.34. The first-order chi connectivity index (χ1) is 12.2. The van der Waals surface area contributed by atoms with Gasteiger partial charge in [-0.05, 0) is 74.6 Å². The van der Waals surface area contributed by atoms with Crippen LogP contribution in [0.5, 0.6) is 0 Å². The number of pyridine rings is 1. The van der Waals surface area contributed by atoms with E-state index < -0.39 is 0 Å². The topological polar surface area (TPSA) is 45.1 Å². The lowest BCUT2D eigenvalue weighted by Crippen LogP contribution is -2.27. The first kappa shape index (κ1) is 16.9. The monoisotopic (exact) mass is 356 g/mol. The number of aliphatic hydroxyl groups excluding tert-OH is 1. The van der Waals surface area contributed by atoms with Crippen molar-refractivity contribution in [1.29, 1.82) is 0 Å². The first-order valence-electron chi connectivity index (χ1n) is 9.39. The summed E-state index contributed by atoms with van der Waals surface area (Å²) in [5.74, 6) is 0.489. The van der Waals surface area contributed by atoms with Gasteiger partial charge in [0.15, 0.2) is 0 Å². The Morgan fingerprint density at radius 2 is 1.96 bits per heavy atom. The minimum atomic E-state index is 0.330. The number of fused-ring (bicyclic) bond motifs is 1. The van der Waals surface area contributed by atoms with Crippen molar-refractivity contribution in [2.75, 3.05) is 11.9 Å². The highest BCUT2D eigenvalue weighted by Gasteiger charge is 2.24. The summed E-state index contributed by atoms with van der Waals surface area (Å²) >= 11 is 6.17. The van der Waals surface area contributed by atoms with Crippen LogP contribution in [0.3, 0.4) is 0 Å². The summed E-state index contributed by atoms with van der Waals surface area (Å²) in [7, 11) is 0. The zero-order chi connectivity index (χ0) is 17.2. The fourth-order valence-corrected chi connectivity index (χ4v) is 4.37. The lowest BCUT2D eigenvalue weighted by atomic mass is 9.86. The van der Waals surface area contributed by atoms with E-state index in [2.05, 4.69) is 17.4 Å². The molecule has 2 aromatic rings. The van der Waals surface area contributed by atoms with Gasteiger partial charge in [0.25, 0.3) is 0 Å². The number of rotatable bonds is 4. The lowest BCUT2D eigenvalue weighted by molar-refractivity contribution is 0.186. The van der Waals surface area contributed by atoms with Crippen molar-refractivity contribution in [3.8, 4) is 11.3 Å². The number of aromatic nitrogens is 1. The zero-order valence-corrected chi connectivity index (χ0v) is 15.2. The molecule has 0 aliphatic heterocycles. The van der Waals surface area contributed by atoms with Crippen LogP contribution >= 0.6 is 11.6 Å². The van der Waals surface area contributed by atoms with Crippen LogP contribution in [0, 0.1) is 5.92 Å². The van der Waals surface area contributed by atoms with Crippen LogP contribution < -0.4 is 5.32 Å². The van der Waals surface area contributed by atoms with E-state index in [0.717, 1.165) is 54.8 Å².